The number of hydrogen-bond donors (Lipinski definition) is 2. The van der Waals surface area contributed by atoms with E-state index in [0.29, 0.717) is 13.1 Å². The predicted octanol–water partition coefficient (Wildman–Crippen LogP) is 0.444. The molecule has 2 aliphatic rings. The molecule has 3 heterocycles. The number of likely N-dealkylation sites (tertiary alicyclic amines) is 1. The van der Waals surface area contributed by atoms with Crippen LogP contribution < -0.4 is 5.32 Å². The number of nitrogens with one attached hydrogen (secondary N) is 2. The van der Waals surface area contributed by atoms with Crippen LogP contribution in [-0.4, -0.2) is 63.3 Å². The van der Waals surface area contributed by atoms with Crippen molar-refractivity contribution in [2.45, 2.75) is 12.8 Å². The van der Waals surface area contributed by atoms with Gasteiger partial charge in [-0.05, 0) is 12.8 Å². The van der Waals surface area contributed by atoms with Crippen LogP contribution in [0.25, 0.3) is 0 Å². The number of rotatable bonds is 2. The number of carbonyl (C=O) groups excluding carboxylic acids is 2. The Bertz CT molecular complexity index is 538. The first kappa shape index (κ1) is 12.6. The van der Waals surface area contributed by atoms with Crippen molar-refractivity contribution in [1.29, 1.82) is 0 Å². The van der Waals surface area contributed by atoms with Gasteiger partial charge in [-0.3, -0.25) is 10.1 Å². The molecule has 0 atom stereocenters. The lowest BCUT2D eigenvalue weighted by atomic mass is 10.3. The third-order valence-electron chi connectivity index (χ3n) is 3.47. The van der Waals surface area contributed by atoms with Crippen LogP contribution in [0.15, 0.2) is 12.2 Å². The molecule has 0 radical (unpaired) electrons. The summed E-state index contributed by atoms with van der Waals surface area (Å²) in [4.78, 5) is 27.6. The molecule has 106 valence electrons. The van der Waals surface area contributed by atoms with Gasteiger partial charge in [0, 0.05) is 26.2 Å². The average molecular weight is 276 g/mol. The number of anilines is 1. The van der Waals surface area contributed by atoms with Gasteiger partial charge in [-0.1, -0.05) is 12.2 Å². The predicted molar refractivity (Wildman–Crippen MR) is 71.3 cm³/mol. The van der Waals surface area contributed by atoms with Gasteiger partial charge in [-0.25, -0.2) is 4.79 Å². The van der Waals surface area contributed by atoms with E-state index in [2.05, 4.69) is 20.7 Å². The van der Waals surface area contributed by atoms with Crippen molar-refractivity contribution < 1.29 is 9.59 Å². The highest BCUT2D eigenvalue weighted by Crippen LogP contribution is 2.16. The van der Waals surface area contributed by atoms with Gasteiger partial charge in [0.1, 0.15) is 0 Å². The second-order valence-corrected chi connectivity index (χ2v) is 4.83. The molecule has 1 aromatic heterocycles. The Hall–Kier alpha value is -2.38. The SMILES string of the molecule is O=C(Nc1n[nH]nc1C(=O)N1CCCC1)N1CC=CC1. The Balaban J connectivity index is 1.69. The minimum atomic E-state index is -0.278. The summed E-state index contributed by atoms with van der Waals surface area (Å²) in [5, 5.41) is 12.8. The maximum atomic E-state index is 12.3. The Labute approximate surface area is 115 Å². The van der Waals surface area contributed by atoms with E-state index in [1.807, 2.05) is 12.2 Å². The van der Waals surface area contributed by atoms with E-state index >= 15 is 0 Å². The quantitative estimate of drug-likeness (QED) is 0.766. The third kappa shape index (κ3) is 2.36. The van der Waals surface area contributed by atoms with Crippen LogP contribution in [0, 0.1) is 0 Å². The average Bonchev–Trinajstić information content (AvgIpc) is 3.20. The molecule has 3 amide bonds. The number of carbonyl (C=O) groups is 2. The summed E-state index contributed by atoms with van der Waals surface area (Å²) in [7, 11) is 0. The third-order valence-corrected chi connectivity index (χ3v) is 3.47. The molecule has 0 bridgehead atoms. The second kappa shape index (κ2) is 5.32. The number of hydrogen-bond acceptors (Lipinski definition) is 4. The highest BCUT2D eigenvalue weighted by atomic mass is 16.2. The number of nitrogens with zero attached hydrogens (tertiary/aromatic N) is 4. The molecule has 1 aromatic rings. The Kier molecular flexibility index (Phi) is 3.36. The van der Waals surface area contributed by atoms with Gasteiger partial charge < -0.3 is 9.80 Å². The van der Waals surface area contributed by atoms with E-state index in [1.54, 1.807) is 9.80 Å². The fourth-order valence-electron chi connectivity index (χ4n) is 2.36. The first-order valence-electron chi connectivity index (χ1n) is 6.66. The monoisotopic (exact) mass is 276 g/mol. The van der Waals surface area contributed by atoms with Gasteiger partial charge in [-0.2, -0.15) is 5.21 Å². The molecule has 8 nitrogen and oxygen atoms in total. The maximum Gasteiger partial charge on any atom is 0.323 e. The van der Waals surface area contributed by atoms with Gasteiger partial charge in [-0.15, -0.1) is 10.2 Å². The van der Waals surface area contributed by atoms with Crippen molar-refractivity contribution in [3.8, 4) is 0 Å². The van der Waals surface area contributed by atoms with Gasteiger partial charge in [0.15, 0.2) is 11.5 Å². The lowest BCUT2D eigenvalue weighted by molar-refractivity contribution is 0.0788. The van der Waals surface area contributed by atoms with E-state index in [-0.39, 0.29) is 23.5 Å². The summed E-state index contributed by atoms with van der Waals surface area (Å²) < 4.78 is 0. The summed E-state index contributed by atoms with van der Waals surface area (Å²) in [6.45, 7) is 2.60. The Morgan fingerprint density at radius 1 is 1.10 bits per heavy atom. The first-order valence-corrected chi connectivity index (χ1v) is 6.66. The molecule has 0 aromatic carbocycles. The van der Waals surface area contributed by atoms with Crippen molar-refractivity contribution in [2.75, 3.05) is 31.5 Å². The fraction of sp³-hybridized carbons (Fsp3) is 0.500. The van der Waals surface area contributed by atoms with Crippen LogP contribution in [-0.2, 0) is 0 Å². The molecule has 0 aliphatic carbocycles. The first-order chi connectivity index (χ1) is 9.75. The van der Waals surface area contributed by atoms with Crippen LogP contribution in [0.3, 0.4) is 0 Å². The number of amides is 3. The number of urea groups is 1. The van der Waals surface area contributed by atoms with Crippen LogP contribution in [0.2, 0.25) is 0 Å². The molecule has 2 aliphatic heterocycles. The molecule has 8 heteroatoms. The zero-order valence-electron chi connectivity index (χ0n) is 11.0. The van der Waals surface area contributed by atoms with Crippen LogP contribution in [0.1, 0.15) is 23.3 Å². The lowest BCUT2D eigenvalue weighted by Crippen LogP contribution is -2.34. The van der Waals surface area contributed by atoms with E-state index in [1.165, 1.54) is 0 Å². The minimum Gasteiger partial charge on any atom is -0.337 e. The van der Waals surface area contributed by atoms with Gasteiger partial charge in [0.05, 0.1) is 0 Å². The second-order valence-electron chi connectivity index (χ2n) is 4.83. The maximum absolute atomic E-state index is 12.3. The zero-order valence-corrected chi connectivity index (χ0v) is 11.0. The highest BCUT2D eigenvalue weighted by molar-refractivity contribution is 6.00. The summed E-state index contributed by atoms with van der Waals surface area (Å²) in [5.74, 6) is 0.00453. The van der Waals surface area contributed by atoms with Crippen molar-refractivity contribution in [3.63, 3.8) is 0 Å². The largest absolute Gasteiger partial charge is 0.337 e. The molecule has 0 unspecified atom stereocenters. The van der Waals surface area contributed by atoms with Crippen molar-refractivity contribution in [1.82, 2.24) is 25.2 Å². The molecular weight excluding hydrogens is 260 g/mol. The molecule has 2 N–H and O–H groups in total. The molecule has 1 fully saturated rings. The smallest absolute Gasteiger partial charge is 0.323 e. The molecule has 0 saturated carbocycles. The Morgan fingerprint density at radius 3 is 2.50 bits per heavy atom. The van der Waals surface area contributed by atoms with Crippen LogP contribution in [0.5, 0.6) is 0 Å². The molecule has 1 saturated heterocycles. The van der Waals surface area contributed by atoms with E-state index in [9.17, 15) is 9.59 Å². The van der Waals surface area contributed by atoms with E-state index in [0.717, 1.165) is 25.9 Å². The fourth-order valence-corrected chi connectivity index (χ4v) is 2.36. The molecular formula is C12H16N6O2. The van der Waals surface area contributed by atoms with Crippen molar-refractivity contribution in [2.24, 2.45) is 0 Å². The van der Waals surface area contributed by atoms with Gasteiger partial charge >= 0.3 is 6.03 Å². The van der Waals surface area contributed by atoms with Gasteiger partial charge in [0.25, 0.3) is 5.91 Å². The highest BCUT2D eigenvalue weighted by Gasteiger charge is 2.26. The summed E-state index contributed by atoms with van der Waals surface area (Å²) in [6.07, 6.45) is 5.84. The van der Waals surface area contributed by atoms with E-state index < -0.39 is 0 Å². The summed E-state index contributed by atoms with van der Waals surface area (Å²) >= 11 is 0. The molecule has 3 rings (SSSR count). The number of aromatic nitrogens is 3. The minimum absolute atomic E-state index is 0.174. The summed E-state index contributed by atoms with van der Waals surface area (Å²) in [6, 6.07) is -0.278. The zero-order chi connectivity index (χ0) is 13.9. The van der Waals surface area contributed by atoms with Crippen molar-refractivity contribution in [3.05, 3.63) is 17.8 Å². The summed E-state index contributed by atoms with van der Waals surface area (Å²) in [5.41, 5.74) is 0.174. The molecule has 0 spiro atoms. The molecule has 20 heavy (non-hydrogen) atoms. The van der Waals surface area contributed by atoms with Crippen LogP contribution >= 0.6 is 0 Å². The number of H-pyrrole nitrogens is 1. The lowest BCUT2D eigenvalue weighted by Gasteiger charge is -2.16. The topological polar surface area (TPSA) is 94.2 Å². The number of aromatic amines is 1. The van der Waals surface area contributed by atoms with Crippen molar-refractivity contribution >= 4 is 17.8 Å². The standard InChI is InChI=1S/C12H16N6O2/c19-11(17-5-1-2-6-17)9-10(15-16-14-9)13-12(20)18-7-3-4-8-18/h3-4H,1-2,5-8H2,(H2,13,14,15,16,20). The van der Waals surface area contributed by atoms with Crippen LogP contribution in [0.4, 0.5) is 10.6 Å². The Morgan fingerprint density at radius 2 is 1.80 bits per heavy atom. The van der Waals surface area contributed by atoms with Gasteiger partial charge in [0.2, 0.25) is 0 Å². The normalized spacial score (nSPS) is 17.8. The van der Waals surface area contributed by atoms with E-state index in [4.69, 9.17) is 0 Å².